The van der Waals surface area contributed by atoms with Gasteiger partial charge >= 0.3 is 0 Å². The van der Waals surface area contributed by atoms with Crippen molar-refractivity contribution in [3.05, 3.63) is 59.3 Å². The lowest BCUT2D eigenvalue weighted by Gasteiger charge is -2.05. The third-order valence-corrected chi connectivity index (χ3v) is 3.40. The zero-order valence-corrected chi connectivity index (χ0v) is 11.7. The smallest absolute Gasteiger partial charge is 0.132 e. The Hall–Kier alpha value is -1.88. The Morgan fingerprint density at radius 3 is 2.84 bits per heavy atom. The van der Waals surface area contributed by atoms with Crippen molar-refractivity contribution in [2.75, 3.05) is 6.61 Å². The maximum absolute atomic E-state index is 5.68. The topological polar surface area (TPSA) is 39.4 Å². The van der Waals surface area contributed by atoms with E-state index in [0.717, 1.165) is 28.1 Å². The van der Waals surface area contributed by atoms with Crippen molar-refractivity contribution in [2.24, 2.45) is 0 Å². The number of benzene rings is 1. The molecule has 1 aromatic carbocycles. The van der Waals surface area contributed by atoms with Gasteiger partial charge in [0.25, 0.3) is 0 Å². The molecule has 0 amide bonds. The van der Waals surface area contributed by atoms with E-state index in [-0.39, 0.29) is 0 Å². The molecular weight excluding hydrogens is 306 g/mol. The molecule has 0 spiro atoms. The number of hydrogen-bond donors (Lipinski definition) is 0. The fourth-order valence-corrected chi connectivity index (χ4v) is 2.44. The molecule has 0 atom stereocenters. The van der Waals surface area contributed by atoms with Crippen LogP contribution in [0.25, 0.3) is 5.52 Å². The van der Waals surface area contributed by atoms with Gasteiger partial charge < -0.3 is 4.74 Å². The summed E-state index contributed by atoms with van der Waals surface area (Å²) >= 11 is 3.45. The molecule has 4 nitrogen and oxygen atoms in total. The van der Waals surface area contributed by atoms with Gasteiger partial charge in [-0.3, -0.25) is 4.40 Å². The van der Waals surface area contributed by atoms with Crippen molar-refractivity contribution in [3.63, 3.8) is 0 Å². The third-order valence-electron chi connectivity index (χ3n) is 2.81. The normalized spacial score (nSPS) is 10.8. The Bertz CT molecular complexity index is 681. The lowest BCUT2D eigenvalue weighted by Crippen LogP contribution is -2.05. The number of aromatic nitrogens is 3. The predicted molar refractivity (Wildman–Crippen MR) is 76.3 cm³/mol. The number of ether oxygens (including phenoxy) is 1. The molecule has 0 saturated carbocycles. The SMILES string of the molecule is Brc1nc(CCOc2ccccc2)n2cnccc12. The van der Waals surface area contributed by atoms with Crippen LogP contribution in [0.5, 0.6) is 5.75 Å². The Balaban J connectivity index is 1.72. The van der Waals surface area contributed by atoms with Crippen molar-refractivity contribution in [3.8, 4) is 5.75 Å². The second-order valence-electron chi connectivity index (χ2n) is 4.07. The largest absolute Gasteiger partial charge is 0.493 e. The fourth-order valence-electron chi connectivity index (χ4n) is 1.91. The summed E-state index contributed by atoms with van der Waals surface area (Å²) in [5.74, 6) is 1.81. The number of imidazole rings is 1. The average Bonchev–Trinajstić information content (AvgIpc) is 2.78. The molecule has 0 saturated heterocycles. The maximum atomic E-state index is 5.68. The molecule has 0 aliphatic heterocycles. The minimum Gasteiger partial charge on any atom is -0.493 e. The Morgan fingerprint density at radius 2 is 2.00 bits per heavy atom. The van der Waals surface area contributed by atoms with Gasteiger partial charge in [-0.1, -0.05) is 18.2 Å². The highest BCUT2D eigenvalue weighted by atomic mass is 79.9. The molecule has 2 heterocycles. The van der Waals surface area contributed by atoms with Gasteiger partial charge in [-0.15, -0.1) is 0 Å². The summed E-state index contributed by atoms with van der Waals surface area (Å²) in [5, 5.41) is 0. The highest BCUT2D eigenvalue weighted by molar-refractivity contribution is 9.10. The van der Waals surface area contributed by atoms with E-state index < -0.39 is 0 Å². The summed E-state index contributed by atoms with van der Waals surface area (Å²) in [7, 11) is 0. The molecule has 0 unspecified atom stereocenters. The van der Waals surface area contributed by atoms with Crippen molar-refractivity contribution in [1.29, 1.82) is 0 Å². The number of para-hydroxylation sites is 1. The average molecular weight is 318 g/mol. The Labute approximate surface area is 119 Å². The molecule has 2 aromatic heterocycles. The van der Waals surface area contributed by atoms with Gasteiger partial charge in [0, 0.05) is 12.6 Å². The molecule has 3 rings (SSSR count). The maximum Gasteiger partial charge on any atom is 0.132 e. The minimum absolute atomic E-state index is 0.588. The molecule has 96 valence electrons. The third kappa shape index (κ3) is 2.61. The standard InChI is InChI=1S/C14H12BrN3O/c15-14-12-6-8-16-10-18(12)13(17-14)7-9-19-11-4-2-1-3-5-11/h1-6,8,10H,7,9H2. The van der Waals surface area contributed by atoms with E-state index in [9.17, 15) is 0 Å². The summed E-state index contributed by atoms with van der Waals surface area (Å²) in [5.41, 5.74) is 1.02. The molecule has 0 aliphatic rings. The van der Waals surface area contributed by atoms with Gasteiger partial charge in [-0.2, -0.15) is 0 Å². The van der Waals surface area contributed by atoms with Crippen LogP contribution in [0.15, 0.2) is 53.5 Å². The molecule has 0 radical (unpaired) electrons. The van der Waals surface area contributed by atoms with E-state index in [4.69, 9.17) is 4.74 Å². The van der Waals surface area contributed by atoms with Crippen molar-refractivity contribution in [2.45, 2.75) is 6.42 Å². The van der Waals surface area contributed by atoms with Crippen LogP contribution in [0.2, 0.25) is 0 Å². The lowest BCUT2D eigenvalue weighted by atomic mass is 10.3. The molecular formula is C14H12BrN3O. The van der Waals surface area contributed by atoms with E-state index in [2.05, 4.69) is 25.9 Å². The minimum atomic E-state index is 0.588. The number of rotatable bonds is 4. The molecule has 0 N–H and O–H groups in total. The van der Waals surface area contributed by atoms with Crippen LogP contribution in [0.3, 0.4) is 0 Å². The monoisotopic (exact) mass is 317 g/mol. The van der Waals surface area contributed by atoms with Crippen LogP contribution < -0.4 is 4.74 Å². The lowest BCUT2D eigenvalue weighted by molar-refractivity contribution is 0.318. The van der Waals surface area contributed by atoms with Gasteiger partial charge in [0.05, 0.1) is 12.1 Å². The first-order valence-corrected chi connectivity index (χ1v) is 6.78. The summed E-state index contributed by atoms with van der Waals surface area (Å²) in [6.07, 6.45) is 4.25. The summed E-state index contributed by atoms with van der Waals surface area (Å²) in [4.78, 5) is 8.59. The molecule has 0 fully saturated rings. The van der Waals surface area contributed by atoms with Crippen LogP contribution >= 0.6 is 15.9 Å². The molecule has 19 heavy (non-hydrogen) atoms. The first kappa shape index (κ1) is 12.2. The van der Waals surface area contributed by atoms with Crippen LogP contribution in [-0.4, -0.2) is 21.0 Å². The van der Waals surface area contributed by atoms with Gasteiger partial charge in [-0.25, -0.2) is 9.97 Å². The molecule has 3 aromatic rings. The Kier molecular flexibility index (Phi) is 3.46. The van der Waals surface area contributed by atoms with Crippen molar-refractivity contribution >= 4 is 21.4 Å². The first-order chi connectivity index (χ1) is 9.34. The van der Waals surface area contributed by atoms with Crippen molar-refractivity contribution < 1.29 is 4.74 Å². The second kappa shape index (κ2) is 5.40. The predicted octanol–water partition coefficient (Wildman–Crippen LogP) is 3.11. The van der Waals surface area contributed by atoms with E-state index in [1.165, 1.54) is 0 Å². The van der Waals surface area contributed by atoms with E-state index in [1.54, 1.807) is 12.5 Å². The number of nitrogens with zero attached hydrogens (tertiary/aromatic N) is 3. The van der Waals surface area contributed by atoms with Gasteiger partial charge in [0.2, 0.25) is 0 Å². The van der Waals surface area contributed by atoms with Gasteiger partial charge in [0.15, 0.2) is 0 Å². The molecule has 0 aliphatic carbocycles. The second-order valence-corrected chi connectivity index (χ2v) is 4.82. The van der Waals surface area contributed by atoms with Crippen LogP contribution in [0.4, 0.5) is 0 Å². The summed E-state index contributed by atoms with van der Waals surface area (Å²) < 4.78 is 8.49. The number of fused-ring (bicyclic) bond motifs is 1. The van der Waals surface area contributed by atoms with Crippen LogP contribution in [-0.2, 0) is 6.42 Å². The van der Waals surface area contributed by atoms with Gasteiger partial charge in [-0.05, 0) is 34.1 Å². The molecule has 5 heteroatoms. The quantitative estimate of drug-likeness (QED) is 0.742. The van der Waals surface area contributed by atoms with Crippen LogP contribution in [0.1, 0.15) is 5.82 Å². The van der Waals surface area contributed by atoms with Crippen molar-refractivity contribution in [1.82, 2.24) is 14.4 Å². The van der Waals surface area contributed by atoms with E-state index in [0.29, 0.717) is 6.61 Å². The fraction of sp³-hybridized carbons (Fsp3) is 0.143. The Morgan fingerprint density at radius 1 is 1.16 bits per heavy atom. The highest BCUT2D eigenvalue weighted by Gasteiger charge is 2.08. The van der Waals surface area contributed by atoms with E-state index >= 15 is 0 Å². The first-order valence-electron chi connectivity index (χ1n) is 5.99. The zero-order chi connectivity index (χ0) is 13.1. The number of hydrogen-bond acceptors (Lipinski definition) is 3. The number of halogens is 1. The zero-order valence-electron chi connectivity index (χ0n) is 10.2. The molecule has 0 bridgehead atoms. The van der Waals surface area contributed by atoms with Crippen LogP contribution in [0, 0.1) is 0 Å². The summed E-state index contributed by atoms with van der Waals surface area (Å²) in [6.45, 7) is 0.588. The summed E-state index contributed by atoms with van der Waals surface area (Å²) in [6, 6.07) is 11.7. The van der Waals surface area contributed by atoms with Gasteiger partial charge in [0.1, 0.15) is 22.5 Å². The highest BCUT2D eigenvalue weighted by Crippen LogP contribution is 2.18. The van der Waals surface area contributed by atoms with E-state index in [1.807, 2.05) is 40.8 Å².